The zero-order chi connectivity index (χ0) is 16.8. The molecule has 1 aliphatic heterocycles. The molecular formula is C19H24N2O2S. The van der Waals surface area contributed by atoms with Gasteiger partial charge in [0, 0.05) is 18.0 Å². The molecular weight excluding hydrogens is 320 g/mol. The quantitative estimate of drug-likeness (QED) is 0.806. The van der Waals surface area contributed by atoms with Crippen molar-refractivity contribution in [3.63, 3.8) is 0 Å². The highest BCUT2D eigenvalue weighted by atomic mass is 32.1. The van der Waals surface area contributed by atoms with Crippen molar-refractivity contribution < 1.29 is 9.53 Å². The van der Waals surface area contributed by atoms with Crippen LogP contribution >= 0.6 is 11.3 Å². The lowest BCUT2D eigenvalue weighted by atomic mass is 10.0. The molecule has 2 heterocycles. The van der Waals surface area contributed by atoms with Gasteiger partial charge in [0.2, 0.25) is 0 Å². The molecule has 0 spiro atoms. The van der Waals surface area contributed by atoms with E-state index in [4.69, 9.17) is 4.74 Å². The fourth-order valence-electron chi connectivity index (χ4n) is 3.07. The molecule has 1 aliphatic rings. The molecule has 1 aromatic heterocycles. The largest absolute Gasteiger partial charge is 0.483 e. The number of benzene rings is 1. The third kappa shape index (κ3) is 4.58. The van der Waals surface area contributed by atoms with E-state index in [0.717, 1.165) is 31.7 Å². The van der Waals surface area contributed by atoms with Gasteiger partial charge in [-0.3, -0.25) is 4.79 Å². The Balaban J connectivity index is 1.67. The molecule has 0 radical (unpaired) electrons. The number of carbonyl (C=O) groups excluding carboxylic acids is 1. The first-order valence-corrected chi connectivity index (χ1v) is 9.33. The monoisotopic (exact) mass is 344 g/mol. The molecule has 4 nitrogen and oxygen atoms in total. The van der Waals surface area contributed by atoms with Crippen LogP contribution in [0.1, 0.15) is 18.4 Å². The summed E-state index contributed by atoms with van der Waals surface area (Å²) in [5.41, 5.74) is 1.17. The Kier molecular flexibility index (Phi) is 5.88. The molecule has 0 N–H and O–H groups in total. The third-order valence-corrected chi connectivity index (χ3v) is 5.16. The minimum absolute atomic E-state index is 0.0691. The lowest BCUT2D eigenvalue weighted by molar-refractivity contribution is -0.137. The molecule has 3 rings (SSSR count). The molecule has 1 fully saturated rings. The van der Waals surface area contributed by atoms with E-state index in [1.165, 1.54) is 5.56 Å². The second-order valence-electron chi connectivity index (χ2n) is 6.29. The number of amides is 1. The summed E-state index contributed by atoms with van der Waals surface area (Å²) in [6.07, 6.45) is 2.04. The van der Waals surface area contributed by atoms with Crippen molar-refractivity contribution in [1.82, 2.24) is 9.80 Å². The number of hydrogen-bond donors (Lipinski definition) is 0. The summed E-state index contributed by atoms with van der Waals surface area (Å²) in [5, 5.41) is 3.88. The van der Waals surface area contributed by atoms with Crippen LogP contribution in [0.4, 0.5) is 0 Å². The van der Waals surface area contributed by atoms with Gasteiger partial charge in [0.1, 0.15) is 5.75 Å². The average Bonchev–Trinajstić information content (AvgIpc) is 3.13. The number of thiophene rings is 1. The predicted octanol–water partition coefficient (Wildman–Crippen LogP) is 3.25. The van der Waals surface area contributed by atoms with Gasteiger partial charge in [-0.1, -0.05) is 30.3 Å². The minimum atomic E-state index is 0.0691. The van der Waals surface area contributed by atoms with E-state index in [1.807, 2.05) is 39.9 Å². The Hall–Kier alpha value is -1.85. The Morgan fingerprint density at radius 3 is 2.67 bits per heavy atom. The molecule has 24 heavy (non-hydrogen) atoms. The van der Waals surface area contributed by atoms with E-state index < -0.39 is 0 Å². The molecule has 0 saturated carbocycles. The van der Waals surface area contributed by atoms with Gasteiger partial charge in [0.25, 0.3) is 5.91 Å². The van der Waals surface area contributed by atoms with Crippen molar-refractivity contribution in [1.29, 1.82) is 0 Å². The second-order valence-corrected chi connectivity index (χ2v) is 7.07. The van der Waals surface area contributed by atoms with Crippen LogP contribution in [0.3, 0.4) is 0 Å². The molecule has 0 atom stereocenters. The van der Waals surface area contributed by atoms with Gasteiger partial charge in [0.15, 0.2) is 6.61 Å². The zero-order valence-corrected chi connectivity index (χ0v) is 14.9. The molecule has 0 unspecified atom stereocenters. The van der Waals surface area contributed by atoms with Crippen molar-refractivity contribution in [2.24, 2.45) is 0 Å². The lowest BCUT2D eigenvalue weighted by Gasteiger charge is -2.37. The molecule has 1 aromatic carbocycles. The normalized spacial score (nSPS) is 16.0. The number of carbonyl (C=O) groups is 1. The Bertz CT molecular complexity index is 622. The summed E-state index contributed by atoms with van der Waals surface area (Å²) < 4.78 is 5.65. The minimum Gasteiger partial charge on any atom is -0.483 e. The highest BCUT2D eigenvalue weighted by Crippen LogP contribution is 2.20. The summed E-state index contributed by atoms with van der Waals surface area (Å²) in [7, 11) is 2.14. The van der Waals surface area contributed by atoms with Crippen LogP contribution in [-0.2, 0) is 11.3 Å². The van der Waals surface area contributed by atoms with Crippen molar-refractivity contribution in [3.05, 3.63) is 52.7 Å². The first-order chi connectivity index (χ1) is 11.7. The average molecular weight is 344 g/mol. The van der Waals surface area contributed by atoms with Crippen molar-refractivity contribution in [2.75, 3.05) is 26.7 Å². The van der Waals surface area contributed by atoms with Gasteiger partial charge < -0.3 is 14.5 Å². The maximum Gasteiger partial charge on any atom is 0.261 e. The zero-order valence-electron chi connectivity index (χ0n) is 14.1. The summed E-state index contributed by atoms with van der Waals surface area (Å²) in [4.78, 5) is 17.1. The van der Waals surface area contributed by atoms with Gasteiger partial charge in [-0.05, 0) is 50.0 Å². The van der Waals surface area contributed by atoms with Gasteiger partial charge in [-0.2, -0.15) is 0 Å². The fourth-order valence-corrected chi connectivity index (χ4v) is 3.64. The van der Waals surface area contributed by atoms with Crippen molar-refractivity contribution in [2.45, 2.75) is 25.4 Å². The Labute approximate surface area is 147 Å². The van der Waals surface area contributed by atoms with Crippen LogP contribution in [0, 0.1) is 0 Å². The van der Waals surface area contributed by atoms with Crippen molar-refractivity contribution in [3.8, 4) is 5.75 Å². The molecule has 1 saturated heterocycles. The maximum absolute atomic E-state index is 12.8. The maximum atomic E-state index is 12.8. The molecule has 2 aromatic rings. The third-order valence-electron chi connectivity index (χ3n) is 4.50. The standard InChI is InChI=1S/C19H24N2O2S/c1-20-10-7-17(8-11-20)21(13-16-5-3-2-4-6-16)19(22)14-23-18-9-12-24-15-18/h2-6,9,12,15,17H,7-8,10-11,13-14H2,1H3. The summed E-state index contributed by atoms with van der Waals surface area (Å²) in [6.45, 7) is 2.83. The summed E-state index contributed by atoms with van der Waals surface area (Å²) in [6, 6.07) is 12.4. The highest BCUT2D eigenvalue weighted by Gasteiger charge is 2.27. The van der Waals surface area contributed by atoms with E-state index in [1.54, 1.807) is 11.3 Å². The lowest BCUT2D eigenvalue weighted by Crippen LogP contribution is -2.47. The van der Waals surface area contributed by atoms with E-state index in [-0.39, 0.29) is 12.5 Å². The van der Waals surface area contributed by atoms with Crippen LogP contribution in [0.25, 0.3) is 0 Å². The topological polar surface area (TPSA) is 32.8 Å². The van der Waals surface area contributed by atoms with Gasteiger partial charge in [-0.25, -0.2) is 0 Å². The number of hydrogen-bond acceptors (Lipinski definition) is 4. The van der Waals surface area contributed by atoms with E-state index in [2.05, 4.69) is 24.1 Å². The molecule has 5 heteroatoms. The van der Waals surface area contributed by atoms with Crippen molar-refractivity contribution >= 4 is 17.2 Å². The van der Waals surface area contributed by atoms with E-state index in [0.29, 0.717) is 12.6 Å². The van der Waals surface area contributed by atoms with Crippen LogP contribution in [0.15, 0.2) is 47.2 Å². The summed E-state index contributed by atoms with van der Waals surface area (Å²) in [5.74, 6) is 0.844. The molecule has 1 amide bonds. The number of rotatable bonds is 6. The highest BCUT2D eigenvalue weighted by molar-refractivity contribution is 7.08. The predicted molar refractivity (Wildman–Crippen MR) is 97.3 cm³/mol. The first-order valence-electron chi connectivity index (χ1n) is 8.39. The van der Waals surface area contributed by atoms with Gasteiger partial charge in [0.05, 0.1) is 0 Å². The number of ether oxygens (including phenoxy) is 1. The van der Waals surface area contributed by atoms with E-state index in [9.17, 15) is 4.79 Å². The SMILES string of the molecule is CN1CCC(N(Cc2ccccc2)C(=O)COc2ccsc2)CC1. The molecule has 0 bridgehead atoms. The van der Waals surface area contributed by atoms with Gasteiger partial charge in [-0.15, -0.1) is 11.3 Å². The first kappa shape index (κ1) is 17.0. The Morgan fingerprint density at radius 2 is 2.00 bits per heavy atom. The Morgan fingerprint density at radius 1 is 1.25 bits per heavy atom. The smallest absolute Gasteiger partial charge is 0.261 e. The summed E-state index contributed by atoms with van der Waals surface area (Å²) >= 11 is 1.58. The van der Waals surface area contributed by atoms with Crippen LogP contribution in [0.2, 0.25) is 0 Å². The van der Waals surface area contributed by atoms with Gasteiger partial charge >= 0.3 is 0 Å². The molecule has 128 valence electrons. The number of nitrogens with zero attached hydrogens (tertiary/aromatic N) is 2. The van der Waals surface area contributed by atoms with Crippen LogP contribution < -0.4 is 4.74 Å². The fraction of sp³-hybridized carbons (Fsp3) is 0.421. The van der Waals surface area contributed by atoms with E-state index >= 15 is 0 Å². The number of piperidine rings is 1. The number of likely N-dealkylation sites (tertiary alicyclic amines) is 1. The van der Waals surface area contributed by atoms with Crippen LogP contribution in [0.5, 0.6) is 5.75 Å². The second kappa shape index (κ2) is 8.31. The molecule has 0 aliphatic carbocycles. The van der Waals surface area contributed by atoms with Crippen LogP contribution in [-0.4, -0.2) is 48.5 Å².